The first-order chi connectivity index (χ1) is 23.3. The van der Waals surface area contributed by atoms with Gasteiger partial charge in [-0.05, 0) is 42.3 Å². The molecular weight excluding hydrogens is 658 g/mol. The van der Waals surface area contributed by atoms with Crippen LogP contribution in [0, 0.1) is 5.92 Å². The fraction of sp³-hybridized carbons (Fsp3) is 0.364. The van der Waals surface area contributed by atoms with E-state index >= 15 is 0 Å². The van der Waals surface area contributed by atoms with Crippen LogP contribution in [0.5, 0.6) is 17.2 Å². The van der Waals surface area contributed by atoms with Gasteiger partial charge in [-0.2, -0.15) is 26.3 Å². The number of amides is 1. The molecule has 0 spiro atoms. The van der Waals surface area contributed by atoms with E-state index < -0.39 is 29.5 Å². The van der Waals surface area contributed by atoms with Gasteiger partial charge in [-0.3, -0.25) is 14.5 Å². The largest absolute Gasteiger partial charge is 0.489 e. The zero-order valence-electron chi connectivity index (χ0n) is 25.4. The number of aromatic nitrogens is 4. The number of ketones is 1. The van der Waals surface area contributed by atoms with Gasteiger partial charge in [0.2, 0.25) is 11.7 Å². The SMILES string of the molecule is O=C1CCc2c(Oc3ccc4c(c3)[C@H]3[C@H](CC(=O)c5ccc(CN6CCn7c(nnc7C(F)(F)F)C6)c(C(F)(F)F)c5)[C@H]3O4)ccnc2N1. The van der Waals surface area contributed by atoms with E-state index in [2.05, 4.69) is 20.5 Å². The number of ether oxygens (including phenoxy) is 2. The zero-order chi connectivity index (χ0) is 34.2. The van der Waals surface area contributed by atoms with Crippen LogP contribution in [0.25, 0.3) is 0 Å². The summed E-state index contributed by atoms with van der Waals surface area (Å²) in [4.78, 5) is 30.8. The smallest absolute Gasteiger partial charge is 0.451 e. The molecule has 1 fully saturated rings. The second-order valence-corrected chi connectivity index (χ2v) is 12.6. The number of carbonyl (C=O) groups excluding carboxylic acids is 2. The molecule has 0 saturated heterocycles. The van der Waals surface area contributed by atoms with Gasteiger partial charge in [-0.1, -0.05) is 12.1 Å². The summed E-state index contributed by atoms with van der Waals surface area (Å²) in [6.07, 6.45) is -7.40. The van der Waals surface area contributed by atoms with E-state index in [1.807, 2.05) is 6.07 Å². The number of nitrogens with zero attached hydrogens (tertiary/aromatic N) is 5. The number of rotatable bonds is 7. The van der Waals surface area contributed by atoms with Gasteiger partial charge in [0.25, 0.3) is 0 Å². The number of nitrogens with one attached hydrogen (secondary N) is 1. The van der Waals surface area contributed by atoms with Crippen molar-refractivity contribution in [2.24, 2.45) is 5.92 Å². The van der Waals surface area contributed by atoms with Gasteiger partial charge in [0, 0.05) is 67.2 Å². The van der Waals surface area contributed by atoms with Crippen molar-refractivity contribution < 1.29 is 45.4 Å². The maximum atomic E-state index is 14.2. The number of pyridine rings is 1. The van der Waals surface area contributed by atoms with E-state index in [1.54, 1.807) is 29.3 Å². The molecule has 3 atom stereocenters. The Labute approximate surface area is 274 Å². The Kier molecular flexibility index (Phi) is 7.21. The predicted octanol–water partition coefficient (Wildman–Crippen LogP) is 6.15. The summed E-state index contributed by atoms with van der Waals surface area (Å²) in [5, 5.41) is 9.54. The van der Waals surface area contributed by atoms with E-state index in [9.17, 15) is 35.9 Å². The lowest BCUT2D eigenvalue weighted by Crippen LogP contribution is -2.35. The third-order valence-corrected chi connectivity index (χ3v) is 9.44. The first kappa shape index (κ1) is 31.3. The fourth-order valence-electron chi connectivity index (χ4n) is 7.01. The normalized spacial score (nSPS) is 21.2. The van der Waals surface area contributed by atoms with E-state index in [-0.39, 0.29) is 73.4 Å². The maximum absolute atomic E-state index is 14.2. The molecule has 254 valence electrons. The molecule has 3 aliphatic heterocycles. The monoisotopic (exact) mass is 684 g/mol. The highest BCUT2D eigenvalue weighted by atomic mass is 19.4. The van der Waals surface area contributed by atoms with Crippen molar-refractivity contribution in [3.05, 3.63) is 88.1 Å². The number of Topliss-reactive ketones (excluding diaryl/α,β-unsaturated/α-hetero) is 1. The van der Waals surface area contributed by atoms with Gasteiger partial charge in [0.1, 0.15) is 35.0 Å². The van der Waals surface area contributed by atoms with Crippen LogP contribution in [-0.4, -0.2) is 49.0 Å². The van der Waals surface area contributed by atoms with Gasteiger partial charge in [0.05, 0.1) is 12.1 Å². The lowest BCUT2D eigenvalue weighted by atomic mass is 9.97. The lowest BCUT2D eigenvalue weighted by molar-refractivity contribution is -0.148. The summed E-state index contributed by atoms with van der Waals surface area (Å²) in [5.41, 5.74) is 0.483. The molecule has 49 heavy (non-hydrogen) atoms. The quantitative estimate of drug-likeness (QED) is 0.182. The standard InChI is InChI=1S/C33H26F6N6O4/c34-32(35,36)22-11-16(1-2-17(22)14-44-9-10-45-26(15-44)42-43-31(45)33(37,38)39)23(46)13-21-28-20-12-18(3-5-24(20)49-29(21)28)48-25-7-8-40-30-19(25)4-6-27(47)41-30/h1-3,5,7-8,11-12,21,28-29H,4,6,9-10,13-15H2,(H,40,41,47)/t21-,28-,29+/m0/s1. The van der Waals surface area contributed by atoms with E-state index in [0.717, 1.165) is 21.8 Å². The van der Waals surface area contributed by atoms with Crippen LogP contribution in [0.4, 0.5) is 32.2 Å². The van der Waals surface area contributed by atoms with Crippen molar-refractivity contribution in [1.29, 1.82) is 0 Å². The summed E-state index contributed by atoms with van der Waals surface area (Å²) >= 11 is 0. The van der Waals surface area contributed by atoms with Crippen molar-refractivity contribution in [3.8, 4) is 17.2 Å². The predicted molar refractivity (Wildman–Crippen MR) is 158 cm³/mol. The molecule has 16 heteroatoms. The van der Waals surface area contributed by atoms with E-state index in [1.165, 1.54) is 12.1 Å². The number of hydrogen-bond acceptors (Lipinski definition) is 8. The van der Waals surface area contributed by atoms with Gasteiger partial charge in [-0.25, -0.2) is 4.98 Å². The van der Waals surface area contributed by atoms with Crippen LogP contribution in [-0.2, 0) is 43.2 Å². The second kappa shape index (κ2) is 11.3. The molecule has 2 aromatic heterocycles. The highest BCUT2D eigenvalue weighted by Crippen LogP contribution is 2.60. The molecule has 0 bridgehead atoms. The summed E-state index contributed by atoms with van der Waals surface area (Å²) in [6.45, 7) is -0.365. The number of alkyl halides is 6. The number of carbonyl (C=O) groups is 2. The number of anilines is 1. The van der Waals surface area contributed by atoms with Crippen LogP contribution >= 0.6 is 0 Å². The van der Waals surface area contributed by atoms with E-state index in [4.69, 9.17) is 9.47 Å². The number of halogens is 6. The third-order valence-electron chi connectivity index (χ3n) is 9.44. The molecule has 5 heterocycles. The summed E-state index contributed by atoms with van der Waals surface area (Å²) in [6, 6.07) is 10.5. The highest BCUT2D eigenvalue weighted by Gasteiger charge is 2.59. The topological polar surface area (TPSA) is 111 Å². The molecule has 8 rings (SSSR count). The Bertz CT molecular complexity index is 2010. The molecule has 0 radical (unpaired) electrons. The molecule has 4 aromatic rings. The first-order valence-electron chi connectivity index (χ1n) is 15.5. The van der Waals surface area contributed by atoms with Crippen molar-refractivity contribution in [1.82, 2.24) is 24.6 Å². The molecule has 0 unspecified atom stereocenters. The molecule has 1 N–H and O–H groups in total. The highest BCUT2D eigenvalue weighted by molar-refractivity contribution is 5.97. The minimum Gasteiger partial charge on any atom is -0.489 e. The van der Waals surface area contributed by atoms with Crippen LogP contribution in [0.3, 0.4) is 0 Å². The average molecular weight is 685 g/mol. The number of hydrogen-bond donors (Lipinski definition) is 1. The summed E-state index contributed by atoms with van der Waals surface area (Å²) < 4.78 is 95.3. The minimum absolute atomic E-state index is 0.0164. The molecule has 1 saturated carbocycles. The second-order valence-electron chi connectivity index (χ2n) is 12.6. The lowest BCUT2D eigenvalue weighted by Gasteiger charge is -2.29. The summed E-state index contributed by atoms with van der Waals surface area (Å²) in [5.74, 6) is 0.184. The van der Waals surface area contributed by atoms with Crippen molar-refractivity contribution in [2.45, 2.75) is 63.3 Å². The summed E-state index contributed by atoms with van der Waals surface area (Å²) in [7, 11) is 0. The molecule has 4 aliphatic rings. The molecule has 10 nitrogen and oxygen atoms in total. The third kappa shape index (κ3) is 5.77. The van der Waals surface area contributed by atoms with Crippen LogP contribution in [0.1, 0.15) is 63.0 Å². The van der Waals surface area contributed by atoms with Crippen molar-refractivity contribution >= 4 is 17.5 Å². The fourth-order valence-corrected chi connectivity index (χ4v) is 7.01. The number of fused-ring (bicyclic) bond motifs is 5. The van der Waals surface area contributed by atoms with Gasteiger partial charge < -0.3 is 19.4 Å². The van der Waals surface area contributed by atoms with Gasteiger partial charge >= 0.3 is 12.4 Å². The van der Waals surface area contributed by atoms with Gasteiger partial charge in [-0.15, -0.1) is 10.2 Å². The first-order valence-corrected chi connectivity index (χ1v) is 15.5. The molecule has 2 aromatic carbocycles. The van der Waals surface area contributed by atoms with Crippen molar-refractivity contribution in [3.63, 3.8) is 0 Å². The maximum Gasteiger partial charge on any atom is 0.451 e. The van der Waals surface area contributed by atoms with Crippen LogP contribution < -0.4 is 14.8 Å². The molecule has 1 amide bonds. The Hall–Kier alpha value is -4.99. The Morgan fingerprint density at radius 2 is 1.84 bits per heavy atom. The van der Waals surface area contributed by atoms with Crippen LogP contribution in [0.2, 0.25) is 0 Å². The van der Waals surface area contributed by atoms with Gasteiger partial charge in [0.15, 0.2) is 5.78 Å². The Balaban J connectivity index is 0.949. The zero-order valence-corrected chi connectivity index (χ0v) is 25.4. The molecule has 1 aliphatic carbocycles. The Morgan fingerprint density at radius 3 is 2.63 bits per heavy atom. The molecular formula is C33H26F6N6O4. The van der Waals surface area contributed by atoms with Crippen LogP contribution in [0.15, 0.2) is 48.7 Å². The average Bonchev–Trinajstić information content (AvgIpc) is 3.35. The van der Waals surface area contributed by atoms with Crippen molar-refractivity contribution in [2.75, 3.05) is 11.9 Å². The van der Waals surface area contributed by atoms with E-state index in [0.29, 0.717) is 35.9 Å². The Morgan fingerprint density at radius 1 is 1.00 bits per heavy atom. The number of benzene rings is 2. The minimum atomic E-state index is -4.76.